The van der Waals surface area contributed by atoms with Crippen molar-refractivity contribution in [3.05, 3.63) is 22.6 Å². The van der Waals surface area contributed by atoms with E-state index in [2.05, 4.69) is 15.5 Å². The molecule has 2 aromatic rings. The SMILES string of the molecule is CC[C@@H](C)NC(=O)Cn1nc2ccc(SC3CCCCC3)nn2c1=O. The summed E-state index contributed by atoms with van der Waals surface area (Å²) in [6, 6.07) is 3.78. The summed E-state index contributed by atoms with van der Waals surface area (Å²) in [5, 5.41) is 12.9. The molecule has 3 rings (SSSR count). The van der Waals surface area contributed by atoms with Gasteiger partial charge < -0.3 is 5.32 Å². The minimum atomic E-state index is -0.375. The van der Waals surface area contributed by atoms with Crippen LogP contribution in [-0.2, 0) is 11.3 Å². The highest BCUT2D eigenvalue weighted by atomic mass is 32.2. The van der Waals surface area contributed by atoms with Crippen LogP contribution >= 0.6 is 11.8 Å². The number of nitrogens with zero attached hydrogens (tertiary/aromatic N) is 4. The van der Waals surface area contributed by atoms with Crippen molar-refractivity contribution in [2.75, 3.05) is 0 Å². The molecule has 2 aromatic heterocycles. The Hall–Kier alpha value is -1.83. The molecule has 7 nitrogen and oxygen atoms in total. The molecule has 0 radical (unpaired) electrons. The fourth-order valence-electron chi connectivity index (χ4n) is 2.97. The molecule has 1 saturated carbocycles. The van der Waals surface area contributed by atoms with Crippen LogP contribution in [-0.4, -0.2) is 36.6 Å². The average Bonchev–Trinajstić information content (AvgIpc) is 2.91. The number of hydrogen-bond donors (Lipinski definition) is 1. The van der Waals surface area contributed by atoms with Crippen LogP contribution in [0.1, 0.15) is 52.4 Å². The topological polar surface area (TPSA) is 81.3 Å². The van der Waals surface area contributed by atoms with Crippen LogP contribution in [0.15, 0.2) is 22.0 Å². The number of thioether (sulfide) groups is 1. The first-order valence-electron chi connectivity index (χ1n) is 8.99. The zero-order valence-corrected chi connectivity index (χ0v) is 15.6. The summed E-state index contributed by atoms with van der Waals surface area (Å²) < 4.78 is 2.47. The zero-order chi connectivity index (χ0) is 17.8. The maximum absolute atomic E-state index is 12.5. The minimum absolute atomic E-state index is 0.0804. The molecule has 1 aliphatic rings. The average molecular weight is 363 g/mol. The number of hydrogen-bond acceptors (Lipinski definition) is 5. The third kappa shape index (κ3) is 4.42. The van der Waals surface area contributed by atoms with Crippen LogP contribution in [0, 0.1) is 0 Å². The van der Waals surface area contributed by atoms with Crippen molar-refractivity contribution >= 4 is 23.3 Å². The van der Waals surface area contributed by atoms with Gasteiger partial charge in [0.1, 0.15) is 11.6 Å². The van der Waals surface area contributed by atoms with Gasteiger partial charge in [0, 0.05) is 11.3 Å². The Morgan fingerprint density at radius 3 is 2.80 bits per heavy atom. The Labute approximate surface area is 151 Å². The molecular formula is C17H25N5O2S. The normalized spacial score (nSPS) is 16.9. The maximum Gasteiger partial charge on any atom is 0.367 e. The van der Waals surface area contributed by atoms with Crippen molar-refractivity contribution in [1.82, 2.24) is 24.7 Å². The second kappa shape index (κ2) is 8.03. The van der Waals surface area contributed by atoms with Crippen molar-refractivity contribution in [2.24, 2.45) is 0 Å². The standard InChI is InChI=1S/C17H25N5O2S/c1-3-12(2)18-15(23)11-21-17(24)22-14(19-21)9-10-16(20-22)25-13-7-5-4-6-8-13/h9-10,12-13H,3-8,11H2,1-2H3,(H,18,23)/t12-/m1/s1. The van der Waals surface area contributed by atoms with E-state index in [-0.39, 0.29) is 24.2 Å². The Morgan fingerprint density at radius 2 is 2.08 bits per heavy atom. The van der Waals surface area contributed by atoms with E-state index in [1.165, 1.54) is 41.3 Å². The van der Waals surface area contributed by atoms with Crippen LogP contribution in [0.2, 0.25) is 0 Å². The molecule has 8 heteroatoms. The molecular weight excluding hydrogens is 338 g/mol. The Kier molecular flexibility index (Phi) is 5.78. The minimum Gasteiger partial charge on any atom is -0.352 e. The number of fused-ring (bicyclic) bond motifs is 1. The fourth-order valence-corrected chi connectivity index (χ4v) is 4.16. The van der Waals surface area contributed by atoms with Crippen molar-refractivity contribution in [3.63, 3.8) is 0 Å². The number of nitrogens with one attached hydrogen (secondary N) is 1. The lowest BCUT2D eigenvalue weighted by Gasteiger charge is -2.20. The molecule has 1 amide bonds. The van der Waals surface area contributed by atoms with Crippen LogP contribution in [0.5, 0.6) is 0 Å². The van der Waals surface area contributed by atoms with Crippen LogP contribution in [0.4, 0.5) is 0 Å². The smallest absolute Gasteiger partial charge is 0.352 e. The van der Waals surface area contributed by atoms with E-state index in [9.17, 15) is 9.59 Å². The molecule has 0 spiro atoms. The van der Waals surface area contributed by atoms with E-state index < -0.39 is 0 Å². The number of aromatic nitrogens is 4. The molecule has 25 heavy (non-hydrogen) atoms. The Bertz CT molecular complexity index is 794. The van der Waals surface area contributed by atoms with Crippen LogP contribution in [0.25, 0.3) is 5.65 Å². The lowest BCUT2D eigenvalue weighted by atomic mass is 10.0. The van der Waals surface area contributed by atoms with Gasteiger partial charge in [0.25, 0.3) is 0 Å². The second-order valence-electron chi connectivity index (χ2n) is 6.64. The van der Waals surface area contributed by atoms with Gasteiger partial charge in [-0.2, -0.15) is 9.61 Å². The van der Waals surface area contributed by atoms with Gasteiger partial charge in [0.2, 0.25) is 5.91 Å². The summed E-state index contributed by atoms with van der Waals surface area (Å²) in [6.45, 7) is 3.84. The third-order valence-electron chi connectivity index (χ3n) is 4.57. The van der Waals surface area contributed by atoms with E-state index in [1.54, 1.807) is 17.8 Å². The molecule has 136 valence electrons. The molecule has 1 N–H and O–H groups in total. The Morgan fingerprint density at radius 1 is 1.32 bits per heavy atom. The molecule has 0 aromatic carbocycles. The highest BCUT2D eigenvalue weighted by Crippen LogP contribution is 2.32. The summed E-state index contributed by atoms with van der Waals surface area (Å²) in [5.41, 5.74) is 0.0923. The molecule has 1 atom stereocenters. The predicted molar refractivity (Wildman–Crippen MR) is 97.9 cm³/mol. The van der Waals surface area contributed by atoms with Gasteiger partial charge in [-0.3, -0.25) is 4.79 Å². The number of carbonyl (C=O) groups is 1. The number of rotatable bonds is 6. The lowest BCUT2D eigenvalue weighted by Crippen LogP contribution is -2.37. The predicted octanol–water partition coefficient (Wildman–Crippen LogP) is 2.23. The molecule has 0 aliphatic heterocycles. The van der Waals surface area contributed by atoms with Crippen molar-refractivity contribution in [1.29, 1.82) is 0 Å². The largest absolute Gasteiger partial charge is 0.367 e. The summed E-state index contributed by atoms with van der Waals surface area (Å²) in [7, 11) is 0. The van der Waals surface area contributed by atoms with Crippen molar-refractivity contribution in [2.45, 2.75) is 75.2 Å². The Balaban J connectivity index is 1.75. The molecule has 0 unspecified atom stereocenters. The lowest BCUT2D eigenvalue weighted by molar-refractivity contribution is -0.122. The number of carbonyl (C=O) groups excluding carboxylic acids is 1. The highest BCUT2D eigenvalue weighted by Gasteiger charge is 2.17. The van der Waals surface area contributed by atoms with Gasteiger partial charge >= 0.3 is 5.69 Å². The van der Waals surface area contributed by atoms with Gasteiger partial charge in [0.15, 0.2) is 5.65 Å². The van der Waals surface area contributed by atoms with Crippen LogP contribution in [0.3, 0.4) is 0 Å². The number of amides is 1. The van der Waals surface area contributed by atoms with Crippen LogP contribution < -0.4 is 11.0 Å². The monoisotopic (exact) mass is 363 g/mol. The summed E-state index contributed by atoms with van der Waals surface area (Å²) in [6.07, 6.45) is 7.10. The first-order chi connectivity index (χ1) is 12.1. The highest BCUT2D eigenvalue weighted by molar-refractivity contribution is 7.99. The molecule has 2 heterocycles. The first-order valence-corrected chi connectivity index (χ1v) is 9.87. The van der Waals surface area contributed by atoms with E-state index in [0.29, 0.717) is 10.9 Å². The quantitative estimate of drug-likeness (QED) is 0.851. The third-order valence-corrected chi connectivity index (χ3v) is 5.83. The van der Waals surface area contributed by atoms with Gasteiger partial charge in [-0.15, -0.1) is 16.9 Å². The van der Waals surface area contributed by atoms with Gasteiger partial charge in [-0.05, 0) is 38.3 Å². The van der Waals surface area contributed by atoms with E-state index in [1.807, 2.05) is 19.9 Å². The van der Waals surface area contributed by atoms with Crippen molar-refractivity contribution in [3.8, 4) is 0 Å². The molecule has 0 bridgehead atoms. The first kappa shape index (κ1) is 18.0. The zero-order valence-electron chi connectivity index (χ0n) is 14.8. The summed E-state index contributed by atoms with van der Waals surface area (Å²) in [4.78, 5) is 24.5. The van der Waals surface area contributed by atoms with Gasteiger partial charge in [-0.25, -0.2) is 9.48 Å². The maximum atomic E-state index is 12.5. The van der Waals surface area contributed by atoms with E-state index >= 15 is 0 Å². The van der Waals surface area contributed by atoms with Gasteiger partial charge in [0.05, 0.1) is 0 Å². The van der Waals surface area contributed by atoms with E-state index in [0.717, 1.165) is 11.4 Å². The summed E-state index contributed by atoms with van der Waals surface area (Å²) >= 11 is 1.74. The fraction of sp³-hybridized carbons (Fsp3) is 0.647. The molecule has 1 aliphatic carbocycles. The van der Waals surface area contributed by atoms with Crippen molar-refractivity contribution < 1.29 is 4.79 Å². The van der Waals surface area contributed by atoms with E-state index in [4.69, 9.17) is 0 Å². The van der Waals surface area contributed by atoms with Gasteiger partial charge in [-0.1, -0.05) is 26.2 Å². The molecule has 0 saturated heterocycles. The molecule has 1 fully saturated rings. The summed E-state index contributed by atoms with van der Waals surface area (Å²) in [5.74, 6) is -0.211. The second-order valence-corrected chi connectivity index (χ2v) is 7.96.